The first-order valence-electron chi connectivity index (χ1n) is 12.9. The van der Waals surface area contributed by atoms with Crippen LogP contribution in [0.25, 0.3) is 0 Å². The molecule has 8 nitrogen and oxygen atoms in total. The molecule has 0 spiro atoms. The Hall–Kier alpha value is -0.760. The van der Waals surface area contributed by atoms with Crippen molar-refractivity contribution in [1.82, 2.24) is 0 Å². The Kier molecular flexibility index (Phi) is 20.0. The summed E-state index contributed by atoms with van der Waals surface area (Å²) < 4.78 is 32.9. The maximum atomic E-state index is 11.9. The number of carbonyl (C=O) groups excluding carboxylic acids is 1. The van der Waals surface area contributed by atoms with Gasteiger partial charge in [0.25, 0.3) is 7.82 Å². The first-order chi connectivity index (χ1) is 16.1. The number of unbranched alkanes of at least 4 members (excludes halogenated alkanes) is 9. The fraction of sp³-hybridized carbons (Fsp3) is 0.880. The van der Waals surface area contributed by atoms with Crippen molar-refractivity contribution in [2.24, 2.45) is 0 Å². The quantitative estimate of drug-likeness (QED) is 0.0631. The van der Waals surface area contributed by atoms with Gasteiger partial charge < -0.3 is 27.9 Å². The van der Waals surface area contributed by atoms with Gasteiger partial charge in [-0.15, -0.1) is 0 Å². The molecule has 0 bridgehead atoms. The number of likely N-dealkylation sites (N-methyl/N-ethyl adjacent to an activating group) is 1. The predicted molar refractivity (Wildman–Crippen MR) is 134 cm³/mol. The first-order valence-corrected chi connectivity index (χ1v) is 14.3. The Bertz CT molecular complexity index is 578. The van der Waals surface area contributed by atoms with Crippen molar-refractivity contribution in [1.29, 1.82) is 0 Å². The normalized spacial score (nSPS) is 14.9. The molecule has 0 aliphatic carbocycles. The fourth-order valence-corrected chi connectivity index (χ4v) is 3.85. The molecule has 0 aliphatic heterocycles. The van der Waals surface area contributed by atoms with Gasteiger partial charge in [0.1, 0.15) is 19.3 Å². The van der Waals surface area contributed by atoms with Gasteiger partial charge >= 0.3 is 5.97 Å². The number of nitrogens with zero attached hydrogens (tertiary/aromatic N) is 1. The molecular formula is C25H50NO7P. The summed E-state index contributed by atoms with van der Waals surface area (Å²) in [5.74, 6) is -0.514. The maximum Gasteiger partial charge on any atom is 0.303 e. The van der Waals surface area contributed by atoms with Crippen LogP contribution >= 0.6 is 7.82 Å². The molecule has 2 atom stereocenters. The third kappa shape index (κ3) is 24.4. The second-order valence-corrected chi connectivity index (χ2v) is 11.2. The smallest absolute Gasteiger partial charge is 0.303 e. The number of quaternary nitrogens is 1. The summed E-state index contributed by atoms with van der Waals surface area (Å²) in [6.45, 7) is 4.33. The molecule has 0 aliphatic rings. The van der Waals surface area contributed by atoms with E-state index in [2.05, 4.69) is 19.1 Å². The van der Waals surface area contributed by atoms with E-state index >= 15 is 0 Å². The molecule has 0 rings (SSSR count). The first kappa shape index (κ1) is 33.2. The van der Waals surface area contributed by atoms with Crippen LogP contribution in [-0.4, -0.2) is 70.7 Å². The van der Waals surface area contributed by atoms with Crippen LogP contribution in [0.3, 0.4) is 0 Å². The van der Waals surface area contributed by atoms with Gasteiger partial charge in [0.15, 0.2) is 0 Å². The lowest BCUT2D eigenvalue weighted by atomic mass is 10.1. The summed E-state index contributed by atoms with van der Waals surface area (Å²) in [6.07, 6.45) is 17.0. The van der Waals surface area contributed by atoms with E-state index in [0.29, 0.717) is 17.6 Å². The summed E-state index contributed by atoms with van der Waals surface area (Å²) in [5.41, 5.74) is 0. The lowest BCUT2D eigenvalue weighted by Gasteiger charge is -2.28. The highest BCUT2D eigenvalue weighted by molar-refractivity contribution is 7.45. The maximum absolute atomic E-state index is 11.9. The number of allylic oxidation sites excluding steroid dienone is 2. The topological polar surface area (TPSA) is 94.1 Å². The summed E-state index contributed by atoms with van der Waals surface area (Å²) >= 11 is 0. The number of phosphoric ester groups is 1. The number of phosphoric acid groups is 1. The number of rotatable bonds is 23. The van der Waals surface area contributed by atoms with Gasteiger partial charge in [-0.1, -0.05) is 57.6 Å². The van der Waals surface area contributed by atoms with Crippen molar-refractivity contribution >= 4 is 13.8 Å². The zero-order valence-electron chi connectivity index (χ0n) is 22.3. The van der Waals surface area contributed by atoms with Crippen molar-refractivity contribution in [2.75, 3.05) is 54.1 Å². The molecule has 0 amide bonds. The summed E-state index contributed by atoms with van der Waals surface area (Å²) in [5, 5.41) is 0. The Labute approximate surface area is 208 Å². The van der Waals surface area contributed by atoms with E-state index < -0.39 is 19.9 Å². The molecule has 0 aromatic rings. The number of hydrogen-bond donors (Lipinski definition) is 0. The molecule has 0 radical (unpaired) electrons. The molecule has 0 fully saturated rings. The van der Waals surface area contributed by atoms with Crippen molar-refractivity contribution in [3.05, 3.63) is 12.2 Å². The fourth-order valence-electron chi connectivity index (χ4n) is 3.13. The van der Waals surface area contributed by atoms with Gasteiger partial charge in [0.2, 0.25) is 0 Å². The van der Waals surface area contributed by atoms with Gasteiger partial charge in [0, 0.05) is 13.5 Å². The number of hydrogen-bond acceptors (Lipinski definition) is 7. The Morgan fingerprint density at radius 3 is 2.06 bits per heavy atom. The second-order valence-electron chi connectivity index (χ2n) is 9.77. The largest absolute Gasteiger partial charge is 0.756 e. The molecule has 34 heavy (non-hydrogen) atoms. The minimum Gasteiger partial charge on any atom is -0.756 e. The zero-order chi connectivity index (χ0) is 25.7. The standard InChI is InChI=1S/C25H50NO7P/c1-6-7-8-9-10-11-12-13-14-15-16-17-18-20-30-22-25(33-24(2)27)23-32-34(28,29)31-21-19-26(3,4)5/h10-11,25H,6-9,12-23H2,1-5H3/b11-10-. The minimum atomic E-state index is -4.46. The molecule has 0 aromatic carbocycles. The highest BCUT2D eigenvalue weighted by Crippen LogP contribution is 2.38. The molecular weight excluding hydrogens is 457 g/mol. The Morgan fingerprint density at radius 2 is 1.47 bits per heavy atom. The predicted octanol–water partition coefficient (Wildman–Crippen LogP) is 5.01. The van der Waals surface area contributed by atoms with Gasteiger partial charge in [-0.3, -0.25) is 9.36 Å². The molecule has 0 saturated carbocycles. The monoisotopic (exact) mass is 507 g/mol. The average molecular weight is 508 g/mol. The van der Waals surface area contributed by atoms with Crippen LogP contribution < -0.4 is 4.89 Å². The van der Waals surface area contributed by atoms with Gasteiger partial charge in [-0.05, 0) is 32.1 Å². The molecule has 202 valence electrons. The van der Waals surface area contributed by atoms with E-state index in [9.17, 15) is 14.3 Å². The molecule has 0 N–H and O–H groups in total. The Balaban J connectivity index is 3.86. The number of ether oxygens (including phenoxy) is 2. The van der Waals surface area contributed by atoms with Crippen LogP contribution in [0.15, 0.2) is 12.2 Å². The van der Waals surface area contributed by atoms with E-state index in [1.165, 1.54) is 64.7 Å². The average Bonchev–Trinajstić information content (AvgIpc) is 2.73. The number of carbonyl (C=O) groups is 1. The van der Waals surface area contributed by atoms with Gasteiger partial charge in [-0.25, -0.2) is 0 Å². The SMILES string of the molecule is CCCCC/C=C\CCCCCCCCOCC(COP(=O)([O-])OCC[N+](C)(C)C)OC(C)=O. The van der Waals surface area contributed by atoms with Crippen molar-refractivity contribution in [2.45, 2.75) is 90.6 Å². The lowest BCUT2D eigenvalue weighted by Crippen LogP contribution is -2.37. The lowest BCUT2D eigenvalue weighted by molar-refractivity contribution is -0.870. The minimum absolute atomic E-state index is 0.0226. The highest BCUT2D eigenvalue weighted by Gasteiger charge is 2.19. The molecule has 0 saturated heterocycles. The van der Waals surface area contributed by atoms with E-state index in [-0.39, 0.29) is 19.8 Å². The molecule has 9 heteroatoms. The molecule has 2 unspecified atom stereocenters. The van der Waals surface area contributed by atoms with E-state index in [1.807, 2.05) is 21.1 Å². The third-order valence-electron chi connectivity index (χ3n) is 5.12. The van der Waals surface area contributed by atoms with Crippen LogP contribution in [0.1, 0.15) is 84.5 Å². The number of esters is 1. The Morgan fingerprint density at radius 1 is 0.882 bits per heavy atom. The van der Waals surface area contributed by atoms with Crippen LogP contribution in [0.4, 0.5) is 0 Å². The van der Waals surface area contributed by atoms with E-state index in [1.54, 1.807) is 0 Å². The summed E-state index contributed by atoms with van der Waals surface area (Å²) in [6, 6.07) is 0. The highest BCUT2D eigenvalue weighted by atomic mass is 31.2. The summed E-state index contributed by atoms with van der Waals surface area (Å²) in [7, 11) is 1.34. The molecule has 0 heterocycles. The van der Waals surface area contributed by atoms with Crippen LogP contribution in [0.5, 0.6) is 0 Å². The van der Waals surface area contributed by atoms with Gasteiger partial charge in [-0.2, -0.15) is 0 Å². The second kappa shape index (κ2) is 20.4. The van der Waals surface area contributed by atoms with Crippen LogP contribution in [-0.2, 0) is 27.9 Å². The van der Waals surface area contributed by atoms with Crippen molar-refractivity contribution in [3.8, 4) is 0 Å². The third-order valence-corrected chi connectivity index (χ3v) is 6.08. The van der Waals surface area contributed by atoms with E-state index in [4.69, 9.17) is 18.5 Å². The van der Waals surface area contributed by atoms with Crippen molar-refractivity contribution in [3.63, 3.8) is 0 Å². The van der Waals surface area contributed by atoms with Crippen molar-refractivity contribution < 1.29 is 37.3 Å². The van der Waals surface area contributed by atoms with Crippen LogP contribution in [0.2, 0.25) is 0 Å². The zero-order valence-corrected chi connectivity index (χ0v) is 23.2. The van der Waals surface area contributed by atoms with Gasteiger partial charge in [0.05, 0.1) is 34.4 Å². The molecule has 0 aromatic heterocycles. The van der Waals surface area contributed by atoms with Crippen LogP contribution in [0, 0.1) is 0 Å². The summed E-state index contributed by atoms with van der Waals surface area (Å²) in [4.78, 5) is 23.2. The van der Waals surface area contributed by atoms with E-state index in [0.717, 1.165) is 12.8 Å².